The molecule has 0 aliphatic carbocycles. The highest BCUT2D eigenvalue weighted by atomic mass is 35.5. The maximum Gasteiger partial charge on any atom is 0.329 e. The summed E-state index contributed by atoms with van der Waals surface area (Å²) in [6.07, 6.45) is 1.04. The van der Waals surface area contributed by atoms with Crippen molar-refractivity contribution >= 4 is 23.1 Å². The molecule has 2 aromatic rings. The topological polar surface area (TPSA) is 72.2 Å². The van der Waals surface area contributed by atoms with Crippen molar-refractivity contribution in [2.24, 2.45) is 0 Å². The quantitative estimate of drug-likeness (QED) is 0.492. The van der Waals surface area contributed by atoms with Gasteiger partial charge in [0.15, 0.2) is 0 Å². The van der Waals surface area contributed by atoms with Gasteiger partial charge < -0.3 is 4.90 Å². The van der Waals surface area contributed by atoms with Crippen molar-refractivity contribution in [3.63, 3.8) is 0 Å². The van der Waals surface area contributed by atoms with Crippen molar-refractivity contribution in [2.75, 3.05) is 11.9 Å². The minimum atomic E-state index is -0.601. The maximum atomic E-state index is 13.8. The molecule has 2 rings (SSSR count). The Kier molecular flexibility index (Phi) is 4.32. The second kappa shape index (κ2) is 6.01. The fourth-order valence-electron chi connectivity index (χ4n) is 1.94. The van der Waals surface area contributed by atoms with Gasteiger partial charge in [0.25, 0.3) is 0 Å². The fourth-order valence-corrected chi connectivity index (χ4v) is 2.07. The molecule has 0 spiro atoms. The SMILES string of the molecule is CC(c1ccccc1F)N(C)c1nc(Cl)ncc1[N+](=O)[O-]. The Labute approximate surface area is 125 Å². The van der Waals surface area contributed by atoms with Crippen LogP contribution in [0.15, 0.2) is 30.5 Å². The molecule has 0 radical (unpaired) electrons. The smallest absolute Gasteiger partial charge is 0.329 e. The zero-order valence-corrected chi connectivity index (χ0v) is 12.1. The normalized spacial score (nSPS) is 12.0. The monoisotopic (exact) mass is 310 g/mol. The van der Waals surface area contributed by atoms with Crippen LogP contribution in [0.3, 0.4) is 0 Å². The van der Waals surface area contributed by atoms with Crippen LogP contribution < -0.4 is 4.90 Å². The molecule has 0 saturated carbocycles. The van der Waals surface area contributed by atoms with E-state index in [-0.39, 0.29) is 22.6 Å². The molecule has 1 unspecified atom stereocenters. The number of hydrogen-bond acceptors (Lipinski definition) is 5. The van der Waals surface area contributed by atoms with Crippen molar-refractivity contribution in [2.45, 2.75) is 13.0 Å². The molecule has 0 saturated heterocycles. The molecular formula is C13H12ClFN4O2. The lowest BCUT2D eigenvalue weighted by Crippen LogP contribution is -2.24. The maximum absolute atomic E-state index is 13.8. The predicted octanol–water partition coefficient (Wildman–Crippen LogP) is 3.37. The summed E-state index contributed by atoms with van der Waals surface area (Å²) >= 11 is 5.70. The third-order valence-corrected chi connectivity index (χ3v) is 3.37. The second-order valence-electron chi connectivity index (χ2n) is 4.41. The number of rotatable bonds is 4. The minimum Gasteiger partial charge on any atom is -0.347 e. The Morgan fingerprint density at radius 2 is 2.10 bits per heavy atom. The Morgan fingerprint density at radius 1 is 1.43 bits per heavy atom. The van der Waals surface area contributed by atoms with E-state index in [0.29, 0.717) is 5.56 Å². The molecule has 1 aromatic carbocycles. The number of anilines is 1. The van der Waals surface area contributed by atoms with E-state index in [2.05, 4.69) is 9.97 Å². The van der Waals surface area contributed by atoms with Crippen LogP contribution >= 0.6 is 11.6 Å². The number of benzene rings is 1. The van der Waals surface area contributed by atoms with Crippen molar-refractivity contribution in [3.05, 3.63) is 57.2 Å². The first-order chi connectivity index (χ1) is 9.91. The standard InChI is InChI=1S/C13H12ClFN4O2/c1-8(9-5-3-4-6-10(9)15)18(2)12-11(19(20)21)7-16-13(14)17-12/h3-8H,1-2H3. The number of nitro groups is 1. The summed E-state index contributed by atoms with van der Waals surface area (Å²) in [5.74, 6) is -0.351. The van der Waals surface area contributed by atoms with Crippen molar-refractivity contribution in [1.29, 1.82) is 0 Å². The van der Waals surface area contributed by atoms with Crippen LogP contribution in [0.1, 0.15) is 18.5 Å². The Balaban J connectivity index is 2.44. The summed E-state index contributed by atoms with van der Waals surface area (Å²) in [5.41, 5.74) is 0.120. The zero-order chi connectivity index (χ0) is 15.6. The highest BCUT2D eigenvalue weighted by molar-refractivity contribution is 6.28. The van der Waals surface area contributed by atoms with Gasteiger partial charge in [0.05, 0.1) is 11.0 Å². The number of nitrogens with zero attached hydrogens (tertiary/aromatic N) is 4. The van der Waals surface area contributed by atoms with Gasteiger partial charge in [-0.05, 0) is 24.6 Å². The van der Waals surface area contributed by atoms with Gasteiger partial charge in [-0.2, -0.15) is 4.98 Å². The van der Waals surface area contributed by atoms with E-state index in [1.54, 1.807) is 32.2 Å². The molecule has 6 nitrogen and oxygen atoms in total. The van der Waals surface area contributed by atoms with Crippen LogP contribution in [0.25, 0.3) is 0 Å². The summed E-state index contributed by atoms with van der Waals surface area (Å²) in [5, 5.41) is 10.9. The van der Waals surface area contributed by atoms with Crippen LogP contribution in [-0.4, -0.2) is 21.9 Å². The molecule has 110 valence electrons. The van der Waals surface area contributed by atoms with Crippen molar-refractivity contribution in [3.8, 4) is 0 Å². The molecule has 0 amide bonds. The van der Waals surface area contributed by atoms with Gasteiger partial charge in [-0.25, -0.2) is 9.37 Å². The second-order valence-corrected chi connectivity index (χ2v) is 4.75. The Hall–Kier alpha value is -2.28. The summed E-state index contributed by atoms with van der Waals surface area (Å²) in [6.45, 7) is 1.72. The largest absolute Gasteiger partial charge is 0.347 e. The van der Waals surface area contributed by atoms with Crippen LogP contribution in [0.4, 0.5) is 15.9 Å². The van der Waals surface area contributed by atoms with Gasteiger partial charge in [0.2, 0.25) is 11.1 Å². The molecule has 0 bridgehead atoms. The van der Waals surface area contributed by atoms with Gasteiger partial charge >= 0.3 is 5.69 Å². The molecule has 0 N–H and O–H groups in total. The first-order valence-corrected chi connectivity index (χ1v) is 6.43. The molecule has 1 aromatic heterocycles. The zero-order valence-electron chi connectivity index (χ0n) is 11.3. The van der Waals surface area contributed by atoms with Gasteiger partial charge in [-0.1, -0.05) is 18.2 Å². The van der Waals surface area contributed by atoms with E-state index in [9.17, 15) is 14.5 Å². The molecule has 1 atom stereocenters. The molecule has 8 heteroatoms. The highest BCUT2D eigenvalue weighted by Gasteiger charge is 2.25. The minimum absolute atomic E-state index is 0.0377. The lowest BCUT2D eigenvalue weighted by molar-refractivity contribution is -0.384. The summed E-state index contributed by atoms with van der Waals surface area (Å²) in [6, 6.07) is 5.77. The third kappa shape index (κ3) is 3.08. The van der Waals surface area contributed by atoms with Gasteiger partial charge in [0.1, 0.15) is 12.0 Å². The lowest BCUT2D eigenvalue weighted by Gasteiger charge is -2.26. The average Bonchev–Trinajstić information content (AvgIpc) is 2.45. The van der Waals surface area contributed by atoms with Crippen LogP contribution in [-0.2, 0) is 0 Å². The van der Waals surface area contributed by atoms with Gasteiger partial charge in [0, 0.05) is 12.6 Å². The van der Waals surface area contributed by atoms with Crippen molar-refractivity contribution in [1.82, 2.24) is 9.97 Å². The van der Waals surface area contributed by atoms with E-state index >= 15 is 0 Å². The summed E-state index contributed by atoms with van der Waals surface area (Å²) in [7, 11) is 1.59. The lowest BCUT2D eigenvalue weighted by atomic mass is 10.1. The Bertz CT molecular complexity index is 683. The molecule has 0 aliphatic heterocycles. The number of hydrogen-bond donors (Lipinski definition) is 0. The van der Waals surface area contributed by atoms with Gasteiger partial charge in [-0.15, -0.1) is 0 Å². The van der Waals surface area contributed by atoms with Gasteiger partial charge in [-0.3, -0.25) is 10.1 Å². The van der Waals surface area contributed by atoms with E-state index in [4.69, 9.17) is 11.6 Å². The molecule has 0 aliphatic rings. The summed E-state index contributed by atoms with van der Waals surface area (Å²) in [4.78, 5) is 19.4. The van der Waals surface area contributed by atoms with E-state index < -0.39 is 11.0 Å². The summed E-state index contributed by atoms with van der Waals surface area (Å²) < 4.78 is 13.8. The number of halogens is 2. The highest BCUT2D eigenvalue weighted by Crippen LogP contribution is 2.32. The third-order valence-electron chi connectivity index (χ3n) is 3.19. The number of aromatic nitrogens is 2. The average molecular weight is 311 g/mol. The first-order valence-electron chi connectivity index (χ1n) is 6.06. The van der Waals surface area contributed by atoms with E-state index in [0.717, 1.165) is 6.20 Å². The van der Waals surface area contributed by atoms with Crippen LogP contribution in [0.2, 0.25) is 5.28 Å². The van der Waals surface area contributed by atoms with E-state index in [1.165, 1.54) is 11.0 Å². The van der Waals surface area contributed by atoms with Crippen LogP contribution in [0.5, 0.6) is 0 Å². The molecule has 0 fully saturated rings. The molecule has 21 heavy (non-hydrogen) atoms. The van der Waals surface area contributed by atoms with Crippen molar-refractivity contribution < 1.29 is 9.31 Å². The molecule has 1 heterocycles. The Morgan fingerprint density at radius 3 is 2.71 bits per heavy atom. The first kappa shape index (κ1) is 15.1. The predicted molar refractivity (Wildman–Crippen MR) is 76.9 cm³/mol. The van der Waals surface area contributed by atoms with Crippen LogP contribution in [0, 0.1) is 15.9 Å². The molecular weight excluding hydrogens is 299 g/mol. The fraction of sp³-hybridized carbons (Fsp3) is 0.231. The van der Waals surface area contributed by atoms with E-state index in [1.807, 2.05) is 0 Å².